The first kappa shape index (κ1) is 11.9. The first-order valence-corrected chi connectivity index (χ1v) is 6.79. The van der Waals surface area contributed by atoms with Crippen LogP contribution in [-0.2, 0) is 6.61 Å². The number of anilines is 1. The maximum absolute atomic E-state index is 9.20. The van der Waals surface area contributed by atoms with E-state index in [1.54, 1.807) is 11.3 Å². The van der Waals surface area contributed by atoms with Crippen LogP contribution >= 0.6 is 11.3 Å². The zero-order chi connectivity index (χ0) is 11.7. The summed E-state index contributed by atoms with van der Waals surface area (Å²) in [6.45, 7) is 7.78. The monoisotopic (exact) mass is 240 g/mol. The molecule has 1 fully saturated rings. The smallest absolute Gasteiger partial charge is 0.186 e. The lowest BCUT2D eigenvalue weighted by atomic mass is 9.93. The topological polar surface area (TPSA) is 36.4 Å². The predicted octanol–water partition coefficient (Wildman–Crippen LogP) is 2.57. The summed E-state index contributed by atoms with van der Waals surface area (Å²) in [6, 6.07) is 0.561. The summed E-state index contributed by atoms with van der Waals surface area (Å²) in [5.74, 6) is 0.732. The van der Waals surface area contributed by atoms with Crippen molar-refractivity contribution in [1.29, 1.82) is 0 Å². The third kappa shape index (κ3) is 2.09. The summed E-state index contributed by atoms with van der Waals surface area (Å²) >= 11 is 1.64. The van der Waals surface area contributed by atoms with Gasteiger partial charge in [0.1, 0.15) is 0 Å². The highest BCUT2D eigenvalue weighted by atomic mass is 32.1. The van der Waals surface area contributed by atoms with E-state index in [0.717, 1.165) is 28.2 Å². The minimum absolute atomic E-state index is 0.112. The quantitative estimate of drug-likeness (QED) is 0.863. The number of aliphatic hydroxyl groups excluding tert-OH is 1. The molecule has 2 rings (SSSR count). The second-order valence-corrected chi connectivity index (χ2v) is 5.78. The minimum Gasteiger partial charge on any atom is -0.391 e. The molecular weight excluding hydrogens is 220 g/mol. The molecule has 1 N–H and O–H groups in total. The van der Waals surface area contributed by atoms with Gasteiger partial charge in [-0.15, -0.1) is 0 Å². The van der Waals surface area contributed by atoms with Crippen LogP contribution in [0.3, 0.4) is 0 Å². The van der Waals surface area contributed by atoms with E-state index >= 15 is 0 Å². The van der Waals surface area contributed by atoms with Crippen LogP contribution in [0.25, 0.3) is 0 Å². The molecule has 0 amide bonds. The molecule has 1 saturated heterocycles. The van der Waals surface area contributed by atoms with Crippen LogP contribution in [0, 0.1) is 12.8 Å². The molecule has 0 aromatic carbocycles. The number of hydrogen-bond donors (Lipinski definition) is 1. The Morgan fingerprint density at radius 2 is 2.25 bits per heavy atom. The van der Waals surface area contributed by atoms with Crippen molar-refractivity contribution >= 4 is 16.5 Å². The van der Waals surface area contributed by atoms with Crippen LogP contribution in [0.15, 0.2) is 0 Å². The van der Waals surface area contributed by atoms with Crippen molar-refractivity contribution in [3.63, 3.8) is 0 Å². The van der Waals surface area contributed by atoms with Gasteiger partial charge >= 0.3 is 0 Å². The molecular formula is C12H20N2OS. The van der Waals surface area contributed by atoms with E-state index in [1.807, 2.05) is 6.92 Å². The van der Waals surface area contributed by atoms with Crippen LogP contribution < -0.4 is 4.90 Å². The molecule has 0 aliphatic carbocycles. The molecule has 4 heteroatoms. The third-order valence-corrected chi connectivity index (χ3v) is 4.82. The highest BCUT2D eigenvalue weighted by molar-refractivity contribution is 7.15. The van der Waals surface area contributed by atoms with E-state index in [1.165, 1.54) is 12.8 Å². The Bertz CT molecular complexity index is 364. The van der Waals surface area contributed by atoms with E-state index in [2.05, 4.69) is 23.7 Å². The Morgan fingerprint density at radius 3 is 2.88 bits per heavy atom. The van der Waals surface area contributed by atoms with Gasteiger partial charge in [-0.25, -0.2) is 4.98 Å². The lowest BCUT2D eigenvalue weighted by Crippen LogP contribution is -2.42. The van der Waals surface area contributed by atoms with E-state index < -0.39 is 0 Å². The van der Waals surface area contributed by atoms with E-state index in [-0.39, 0.29) is 6.61 Å². The molecule has 0 spiro atoms. The second-order valence-electron chi connectivity index (χ2n) is 4.72. The number of thiazole rings is 1. The molecule has 0 bridgehead atoms. The average molecular weight is 240 g/mol. The predicted molar refractivity (Wildman–Crippen MR) is 68.0 cm³/mol. The number of piperidine rings is 1. The third-order valence-electron chi connectivity index (χ3n) is 3.64. The first-order valence-electron chi connectivity index (χ1n) is 5.97. The van der Waals surface area contributed by atoms with Gasteiger partial charge in [-0.3, -0.25) is 0 Å². The number of hydrogen-bond acceptors (Lipinski definition) is 4. The number of aromatic nitrogens is 1. The average Bonchev–Trinajstić information content (AvgIpc) is 2.63. The molecule has 1 aromatic heterocycles. The maximum Gasteiger partial charge on any atom is 0.186 e. The fraction of sp³-hybridized carbons (Fsp3) is 0.750. The second kappa shape index (κ2) is 4.72. The van der Waals surface area contributed by atoms with E-state index in [0.29, 0.717) is 6.04 Å². The van der Waals surface area contributed by atoms with Crippen molar-refractivity contribution in [2.45, 2.75) is 46.3 Å². The molecule has 2 heterocycles. The van der Waals surface area contributed by atoms with Gasteiger partial charge in [0, 0.05) is 12.6 Å². The number of aryl methyl sites for hydroxylation is 1. The Morgan fingerprint density at radius 1 is 1.50 bits per heavy atom. The molecule has 0 radical (unpaired) electrons. The van der Waals surface area contributed by atoms with Crippen LogP contribution in [0.2, 0.25) is 0 Å². The van der Waals surface area contributed by atoms with Crippen LogP contribution in [-0.4, -0.2) is 22.7 Å². The van der Waals surface area contributed by atoms with Gasteiger partial charge in [0.05, 0.1) is 17.2 Å². The molecule has 3 nitrogen and oxygen atoms in total. The van der Waals surface area contributed by atoms with Gasteiger partial charge in [-0.2, -0.15) is 0 Å². The van der Waals surface area contributed by atoms with Crippen LogP contribution in [0.5, 0.6) is 0 Å². The highest BCUT2D eigenvalue weighted by Gasteiger charge is 2.27. The van der Waals surface area contributed by atoms with E-state index in [9.17, 15) is 5.11 Å². The molecule has 2 unspecified atom stereocenters. The van der Waals surface area contributed by atoms with Crippen molar-refractivity contribution in [3.05, 3.63) is 10.6 Å². The molecule has 1 aliphatic rings. The van der Waals surface area contributed by atoms with Gasteiger partial charge in [0.15, 0.2) is 5.13 Å². The number of rotatable bonds is 2. The minimum atomic E-state index is 0.112. The number of aliphatic hydroxyl groups is 1. The van der Waals surface area contributed by atoms with Crippen molar-refractivity contribution in [3.8, 4) is 0 Å². The molecule has 1 aromatic rings. The Balaban J connectivity index is 2.22. The van der Waals surface area contributed by atoms with Crippen molar-refractivity contribution in [2.75, 3.05) is 11.4 Å². The van der Waals surface area contributed by atoms with Crippen LogP contribution in [0.4, 0.5) is 5.13 Å². The zero-order valence-electron chi connectivity index (χ0n) is 10.2. The largest absolute Gasteiger partial charge is 0.391 e. The van der Waals surface area contributed by atoms with E-state index in [4.69, 9.17) is 0 Å². The van der Waals surface area contributed by atoms with Gasteiger partial charge < -0.3 is 10.0 Å². The molecule has 0 saturated carbocycles. The zero-order valence-corrected chi connectivity index (χ0v) is 11.0. The first-order chi connectivity index (χ1) is 7.63. The lowest BCUT2D eigenvalue weighted by Gasteiger charge is -2.37. The van der Waals surface area contributed by atoms with Gasteiger partial charge in [0.2, 0.25) is 0 Å². The highest BCUT2D eigenvalue weighted by Crippen LogP contribution is 2.32. The standard InChI is InChI=1S/C12H20N2OS/c1-8-5-4-6-14(10(8)3)12-13-9(2)11(7-15)16-12/h8,10,15H,4-7H2,1-3H3. The molecule has 1 aliphatic heterocycles. The lowest BCUT2D eigenvalue weighted by molar-refractivity contribution is 0.284. The van der Waals surface area contributed by atoms with Crippen molar-refractivity contribution in [1.82, 2.24) is 4.98 Å². The summed E-state index contributed by atoms with van der Waals surface area (Å²) in [6.07, 6.45) is 2.56. The molecule has 2 atom stereocenters. The summed E-state index contributed by atoms with van der Waals surface area (Å²) < 4.78 is 0. The Kier molecular flexibility index (Phi) is 3.50. The van der Waals surface area contributed by atoms with Crippen molar-refractivity contribution < 1.29 is 5.11 Å². The molecule has 90 valence electrons. The molecule has 16 heavy (non-hydrogen) atoms. The normalized spacial score (nSPS) is 26.1. The SMILES string of the molecule is Cc1nc(N2CCCC(C)C2C)sc1CO. The summed E-state index contributed by atoms with van der Waals surface area (Å²) in [5, 5.41) is 10.3. The Labute approximate surface area is 101 Å². The van der Waals surface area contributed by atoms with Gasteiger partial charge in [0.25, 0.3) is 0 Å². The van der Waals surface area contributed by atoms with Gasteiger partial charge in [-0.05, 0) is 32.6 Å². The van der Waals surface area contributed by atoms with Gasteiger partial charge in [-0.1, -0.05) is 18.3 Å². The maximum atomic E-state index is 9.20. The summed E-state index contributed by atoms with van der Waals surface area (Å²) in [5.41, 5.74) is 0.980. The van der Waals surface area contributed by atoms with Crippen molar-refractivity contribution in [2.24, 2.45) is 5.92 Å². The Hall–Kier alpha value is -0.610. The fourth-order valence-corrected chi connectivity index (χ4v) is 3.32. The van der Waals surface area contributed by atoms with Crippen LogP contribution in [0.1, 0.15) is 37.3 Å². The number of nitrogens with zero attached hydrogens (tertiary/aromatic N) is 2. The fourth-order valence-electron chi connectivity index (χ4n) is 2.29. The summed E-state index contributed by atoms with van der Waals surface area (Å²) in [7, 11) is 0. The summed E-state index contributed by atoms with van der Waals surface area (Å²) in [4.78, 5) is 7.97.